The number of pyridine rings is 1. The molecule has 0 saturated heterocycles. The van der Waals surface area contributed by atoms with Crippen LogP contribution in [0, 0.1) is 5.82 Å². The highest BCUT2D eigenvalue weighted by Gasteiger charge is 2.16. The molecular weight excluding hydrogens is 303 g/mol. The van der Waals surface area contributed by atoms with Gasteiger partial charge < -0.3 is 10.5 Å². The zero-order valence-electron chi connectivity index (χ0n) is 10.4. The van der Waals surface area contributed by atoms with Crippen molar-refractivity contribution in [2.75, 3.05) is 12.8 Å². The van der Waals surface area contributed by atoms with Crippen LogP contribution < -0.4 is 5.73 Å². The molecule has 0 radical (unpaired) electrons. The summed E-state index contributed by atoms with van der Waals surface area (Å²) in [6.45, 7) is 0. The number of ether oxygens (including phenoxy) is 1. The van der Waals surface area contributed by atoms with E-state index in [1.807, 2.05) is 0 Å². The normalized spacial score (nSPS) is 10.3. The Morgan fingerprint density at radius 1 is 1.50 bits per heavy atom. The van der Waals surface area contributed by atoms with Crippen LogP contribution in [0.1, 0.15) is 10.4 Å². The molecular formula is C13H10ClFN2O2S. The van der Waals surface area contributed by atoms with Crippen molar-refractivity contribution in [1.82, 2.24) is 4.98 Å². The molecule has 2 aromatic rings. The fraction of sp³-hybridized carbons (Fsp3) is 0.0769. The van der Waals surface area contributed by atoms with Crippen LogP contribution in [-0.2, 0) is 4.74 Å². The number of esters is 1. The highest BCUT2D eigenvalue weighted by Crippen LogP contribution is 2.34. The third-order valence-corrected chi connectivity index (χ3v) is 3.91. The number of nitrogen functional groups attached to an aromatic ring is 1. The average molecular weight is 313 g/mol. The van der Waals surface area contributed by atoms with Crippen LogP contribution in [0.4, 0.5) is 10.1 Å². The molecule has 1 heterocycles. The molecule has 0 amide bonds. The van der Waals surface area contributed by atoms with Gasteiger partial charge in [0.05, 0.1) is 22.6 Å². The van der Waals surface area contributed by atoms with Gasteiger partial charge in [0.15, 0.2) is 0 Å². The number of benzene rings is 1. The largest absolute Gasteiger partial charge is 0.465 e. The smallest absolute Gasteiger partial charge is 0.339 e. The molecule has 7 heteroatoms. The number of rotatable bonds is 3. The summed E-state index contributed by atoms with van der Waals surface area (Å²) in [5, 5.41) is 0.835. The third-order valence-electron chi connectivity index (χ3n) is 2.44. The van der Waals surface area contributed by atoms with E-state index in [0.717, 1.165) is 17.8 Å². The van der Waals surface area contributed by atoms with Gasteiger partial charge in [-0.25, -0.2) is 14.2 Å². The minimum Gasteiger partial charge on any atom is -0.465 e. The first-order valence-corrected chi connectivity index (χ1v) is 6.68. The second-order valence-electron chi connectivity index (χ2n) is 3.75. The Morgan fingerprint density at radius 2 is 2.25 bits per heavy atom. The number of carbonyl (C=O) groups excluding carboxylic acids is 1. The summed E-state index contributed by atoms with van der Waals surface area (Å²) in [7, 11) is 1.23. The van der Waals surface area contributed by atoms with Crippen molar-refractivity contribution >= 4 is 35.0 Å². The number of hydrogen-bond acceptors (Lipinski definition) is 5. The molecule has 2 N–H and O–H groups in total. The van der Waals surface area contributed by atoms with E-state index < -0.39 is 11.8 Å². The summed E-state index contributed by atoms with van der Waals surface area (Å²) in [4.78, 5) is 15.8. The first-order chi connectivity index (χ1) is 9.52. The third kappa shape index (κ3) is 3.02. The molecule has 20 heavy (non-hydrogen) atoms. The molecule has 0 aliphatic heterocycles. The van der Waals surface area contributed by atoms with Crippen LogP contribution in [0.3, 0.4) is 0 Å². The lowest BCUT2D eigenvalue weighted by Gasteiger charge is -2.08. The SMILES string of the molecule is COC(=O)c1cc(Sc2ncccc2Cl)c(F)cc1N. The molecule has 4 nitrogen and oxygen atoms in total. The van der Waals surface area contributed by atoms with Gasteiger partial charge >= 0.3 is 5.97 Å². The monoisotopic (exact) mass is 312 g/mol. The summed E-state index contributed by atoms with van der Waals surface area (Å²) < 4.78 is 18.5. The molecule has 0 saturated carbocycles. The minimum absolute atomic E-state index is 0.0193. The van der Waals surface area contributed by atoms with Crippen molar-refractivity contribution in [3.05, 3.63) is 46.9 Å². The van der Waals surface area contributed by atoms with Gasteiger partial charge in [-0.1, -0.05) is 23.4 Å². The van der Waals surface area contributed by atoms with Crippen LogP contribution in [0.2, 0.25) is 5.02 Å². The van der Waals surface area contributed by atoms with Crippen molar-refractivity contribution in [3.8, 4) is 0 Å². The number of halogens is 2. The zero-order chi connectivity index (χ0) is 14.7. The van der Waals surface area contributed by atoms with Crippen LogP contribution in [0.15, 0.2) is 40.4 Å². The Balaban J connectivity index is 2.42. The van der Waals surface area contributed by atoms with Crippen LogP contribution in [0.25, 0.3) is 0 Å². The fourth-order valence-electron chi connectivity index (χ4n) is 1.48. The predicted molar refractivity (Wildman–Crippen MR) is 75.5 cm³/mol. The Labute approximate surface area is 124 Å². The molecule has 0 atom stereocenters. The predicted octanol–water partition coefficient (Wildman–Crippen LogP) is 3.39. The number of nitrogens with two attached hydrogens (primary N) is 1. The lowest BCUT2D eigenvalue weighted by molar-refractivity contribution is 0.0601. The number of carbonyl (C=O) groups is 1. The van der Waals surface area contributed by atoms with Crippen LogP contribution in [-0.4, -0.2) is 18.1 Å². The number of nitrogens with zero attached hydrogens (tertiary/aromatic N) is 1. The van der Waals surface area contributed by atoms with Crippen molar-refractivity contribution in [1.29, 1.82) is 0 Å². The molecule has 0 aliphatic rings. The highest BCUT2D eigenvalue weighted by molar-refractivity contribution is 7.99. The molecule has 0 unspecified atom stereocenters. The second-order valence-corrected chi connectivity index (χ2v) is 5.19. The lowest BCUT2D eigenvalue weighted by Crippen LogP contribution is -2.06. The average Bonchev–Trinajstić information content (AvgIpc) is 2.43. The van der Waals surface area contributed by atoms with Gasteiger partial charge in [0, 0.05) is 11.9 Å². The van der Waals surface area contributed by atoms with Gasteiger partial charge in [-0.05, 0) is 24.3 Å². The number of anilines is 1. The van der Waals surface area contributed by atoms with E-state index in [4.69, 9.17) is 17.3 Å². The Kier molecular flexibility index (Phi) is 4.46. The first kappa shape index (κ1) is 14.6. The van der Waals surface area contributed by atoms with Gasteiger partial charge in [0.2, 0.25) is 0 Å². The zero-order valence-corrected chi connectivity index (χ0v) is 12.0. The number of hydrogen-bond donors (Lipinski definition) is 1. The number of aromatic nitrogens is 1. The molecule has 0 spiro atoms. The fourth-order valence-corrected chi connectivity index (χ4v) is 2.54. The quantitative estimate of drug-likeness (QED) is 0.695. The van der Waals surface area contributed by atoms with E-state index in [9.17, 15) is 9.18 Å². The summed E-state index contributed by atoms with van der Waals surface area (Å²) in [6, 6.07) is 5.72. The van der Waals surface area contributed by atoms with Gasteiger partial charge in [0.1, 0.15) is 10.8 Å². The van der Waals surface area contributed by atoms with E-state index in [2.05, 4.69) is 9.72 Å². The van der Waals surface area contributed by atoms with Crippen molar-refractivity contribution in [2.45, 2.75) is 9.92 Å². The van der Waals surface area contributed by atoms with Crippen molar-refractivity contribution < 1.29 is 13.9 Å². The molecule has 2 rings (SSSR count). The lowest BCUT2D eigenvalue weighted by atomic mass is 10.2. The molecule has 0 bridgehead atoms. The standard InChI is InChI=1S/C13H10ClFN2O2S/c1-19-13(18)7-5-11(9(15)6-10(7)16)20-12-8(14)3-2-4-17-12/h2-6H,16H2,1H3. The molecule has 0 aliphatic carbocycles. The maximum Gasteiger partial charge on any atom is 0.339 e. The second kappa shape index (κ2) is 6.11. The Bertz CT molecular complexity index is 667. The van der Waals surface area contributed by atoms with Gasteiger partial charge in [-0.2, -0.15) is 0 Å². The Morgan fingerprint density at radius 3 is 2.90 bits per heavy atom. The highest BCUT2D eigenvalue weighted by atomic mass is 35.5. The summed E-state index contributed by atoms with van der Waals surface area (Å²) in [6.07, 6.45) is 1.55. The van der Waals surface area contributed by atoms with E-state index in [-0.39, 0.29) is 16.1 Å². The van der Waals surface area contributed by atoms with E-state index in [0.29, 0.717) is 10.0 Å². The molecule has 1 aromatic carbocycles. The van der Waals surface area contributed by atoms with Gasteiger partial charge in [0.25, 0.3) is 0 Å². The van der Waals surface area contributed by atoms with E-state index >= 15 is 0 Å². The van der Waals surface area contributed by atoms with E-state index in [1.165, 1.54) is 13.2 Å². The van der Waals surface area contributed by atoms with Crippen LogP contribution in [0.5, 0.6) is 0 Å². The molecule has 1 aromatic heterocycles. The topological polar surface area (TPSA) is 65.2 Å². The first-order valence-electron chi connectivity index (χ1n) is 5.48. The summed E-state index contributed by atoms with van der Waals surface area (Å²) in [5.74, 6) is -1.18. The van der Waals surface area contributed by atoms with Crippen LogP contribution >= 0.6 is 23.4 Å². The molecule has 0 fully saturated rings. The maximum atomic E-state index is 13.9. The summed E-state index contributed by atoms with van der Waals surface area (Å²) in [5.41, 5.74) is 5.72. The van der Waals surface area contributed by atoms with Gasteiger partial charge in [-0.3, -0.25) is 0 Å². The van der Waals surface area contributed by atoms with Crippen molar-refractivity contribution in [2.24, 2.45) is 0 Å². The van der Waals surface area contributed by atoms with Gasteiger partial charge in [-0.15, -0.1) is 0 Å². The Hall–Kier alpha value is -1.79. The number of methoxy groups -OCH3 is 1. The summed E-state index contributed by atoms with van der Waals surface area (Å²) >= 11 is 6.98. The maximum absolute atomic E-state index is 13.9. The van der Waals surface area contributed by atoms with E-state index in [1.54, 1.807) is 18.3 Å². The minimum atomic E-state index is -0.628. The van der Waals surface area contributed by atoms with Crippen molar-refractivity contribution in [3.63, 3.8) is 0 Å². The molecule has 104 valence electrons.